The number of ether oxygens (including phenoxy) is 2. The highest BCUT2D eigenvalue weighted by molar-refractivity contribution is 5.86. The lowest BCUT2D eigenvalue weighted by atomic mass is 9.78. The van der Waals surface area contributed by atoms with Gasteiger partial charge in [0.05, 0.1) is 37.1 Å². The number of halogens is 2. The molecular weight excluding hydrogens is 446 g/mol. The predicted molar refractivity (Wildman–Crippen MR) is 116 cm³/mol. The Morgan fingerprint density at radius 1 is 1.12 bits per heavy atom. The molecule has 4 atom stereocenters. The molecule has 2 fully saturated rings. The number of rotatable bonds is 8. The number of amides is 1. The van der Waals surface area contributed by atoms with Crippen molar-refractivity contribution in [2.24, 2.45) is 0 Å². The first-order valence-electron chi connectivity index (χ1n) is 11.2. The summed E-state index contributed by atoms with van der Waals surface area (Å²) in [5.74, 6) is -1.96. The molecule has 9 heteroatoms. The van der Waals surface area contributed by atoms with E-state index in [0.29, 0.717) is 11.1 Å². The SMILES string of the molecule is N#Cc1ccccc1CO[C@@]1(C(=O)NC2CC2)C[C@@H](O)[C@@H](O)[C@H](OCc2ccc(F)cc2F)C1. The van der Waals surface area contributed by atoms with Gasteiger partial charge in [0, 0.05) is 30.5 Å². The van der Waals surface area contributed by atoms with Gasteiger partial charge in [-0.2, -0.15) is 5.26 Å². The monoisotopic (exact) mass is 472 g/mol. The zero-order chi connectivity index (χ0) is 24.3. The predicted octanol–water partition coefficient (Wildman–Crippen LogP) is 2.47. The highest BCUT2D eigenvalue weighted by atomic mass is 19.1. The van der Waals surface area contributed by atoms with Gasteiger partial charge in [-0.1, -0.05) is 24.3 Å². The summed E-state index contributed by atoms with van der Waals surface area (Å²) >= 11 is 0. The summed E-state index contributed by atoms with van der Waals surface area (Å²) in [5.41, 5.74) is -0.479. The third-order valence-corrected chi connectivity index (χ3v) is 6.28. The molecule has 0 bridgehead atoms. The number of nitrogens with zero attached hydrogens (tertiary/aromatic N) is 1. The van der Waals surface area contributed by atoms with Crippen molar-refractivity contribution in [1.82, 2.24) is 5.32 Å². The second-order valence-electron chi connectivity index (χ2n) is 8.85. The third-order valence-electron chi connectivity index (χ3n) is 6.28. The van der Waals surface area contributed by atoms with Crippen molar-refractivity contribution in [1.29, 1.82) is 5.26 Å². The van der Waals surface area contributed by atoms with Crippen LogP contribution in [0, 0.1) is 23.0 Å². The van der Waals surface area contributed by atoms with Crippen LogP contribution >= 0.6 is 0 Å². The number of carbonyl (C=O) groups excluding carboxylic acids is 1. The third kappa shape index (κ3) is 5.42. The van der Waals surface area contributed by atoms with Gasteiger partial charge in [-0.05, 0) is 30.5 Å². The van der Waals surface area contributed by atoms with Crippen LogP contribution in [0.4, 0.5) is 8.78 Å². The van der Waals surface area contributed by atoms with Gasteiger partial charge in [-0.3, -0.25) is 4.79 Å². The molecule has 4 rings (SSSR count). The largest absolute Gasteiger partial charge is 0.390 e. The maximum absolute atomic E-state index is 14.0. The molecule has 180 valence electrons. The molecule has 0 heterocycles. The van der Waals surface area contributed by atoms with Gasteiger partial charge in [-0.25, -0.2) is 8.78 Å². The van der Waals surface area contributed by atoms with Crippen molar-refractivity contribution in [2.45, 2.75) is 68.9 Å². The summed E-state index contributed by atoms with van der Waals surface area (Å²) in [6.45, 7) is -0.359. The molecule has 2 saturated carbocycles. The number of nitrogens with one attached hydrogen (secondary N) is 1. The minimum Gasteiger partial charge on any atom is -0.390 e. The molecule has 0 radical (unpaired) electrons. The van der Waals surface area contributed by atoms with Gasteiger partial charge >= 0.3 is 0 Å². The van der Waals surface area contributed by atoms with Crippen molar-refractivity contribution in [2.75, 3.05) is 0 Å². The first-order chi connectivity index (χ1) is 16.3. The molecule has 0 saturated heterocycles. The van der Waals surface area contributed by atoms with Gasteiger partial charge in [0.25, 0.3) is 5.91 Å². The van der Waals surface area contributed by atoms with Crippen LogP contribution in [0.2, 0.25) is 0 Å². The molecule has 2 aliphatic rings. The Labute approximate surface area is 195 Å². The molecule has 34 heavy (non-hydrogen) atoms. The van der Waals surface area contributed by atoms with E-state index >= 15 is 0 Å². The average Bonchev–Trinajstić information content (AvgIpc) is 3.64. The van der Waals surface area contributed by atoms with Crippen molar-refractivity contribution < 1.29 is 33.3 Å². The minimum atomic E-state index is -1.53. The standard InChI is InChI=1S/C25H26F2N2O5/c26-18-6-5-17(20(27)9-18)13-33-22-11-25(10-21(30)23(22)31,24(32)29-19-7-8-19)34-14-16-4-2-1-3-15(16)12-28/h1-6,9,19,21-23,30-31H,7-8,10-11,13-14H2,(H,29,32)/t21-,22-,23-,25+/m1/s1. The quantitative estimate of drug-likeness (QED) is 0.544. The topological polar surface area (TPSA) is 112 Å². The fraction of sp³-hybridized carbons (Fsp3) is 0.440. The fourth-order valence-corrected chi connectivity index (χ4v) is 4.11. The van der Waals surface area contributed by atoms with Crippen LogP contribution in [0.15, 0.2) is 42.5 Å². The molecule has 1 amide bonds. The Morgan fingerprint density at radius 3 is 2.59 bits per heavy atom. The Bertz CT molecular complexity index is 1090. The van der Waals surface area contributed by atoms with E-state index in [-0.39, 0.29) is 37.7 Å². The zero-order valence-electron chi connectivity index (χ0n) is 18.4. The van der Waals surface area contributed by atoms with Gasteiger partial charge in [0.1, 0.15) is 17.7 Å². The zero-order valence-corrected chi connectivity index (χ0v) is 18.4. The van der Waals surface area contributed by atoms with Crippen molar-refractivity contribution in [3.8, 4) is 6.07 Å². The van der Waals surface area contributed by atoms with Crippen LogP contribution in [-0.2, 0) is 27.5 Å². The second kappa shape index (κ2) is 10.2. The maximum atomic E-state index is 14.0. The molecule has 0 unspecified atom stereocenters. The summed E-state index contributed by atoms with van der Waals surface area (Å²) in [7, 11) is 0. The lowest BCUT2D eigenvalue weighted by Gasteiger charge is -2.44. The van der Waals surface area contributed by atoms with Crippen LogP contribution in [0.5, 0.6) is 0 Å². The summed E-state index contributed by atoms with van der Waals surface area (Å²) in [4.78, 5) is 13.3. The van der Waals surface area contributed by atoms with Gasteiger partial charge in [0.15, 0.2) is 5.60 Å². The molecule has 0 spiro atoms. The van der Waals surface area contributed by atoms with E-state index in [1.54, 1.807) is 24.3 Å². The molecule has 7 nitrogen and oxygen atoms in total. The highest BCUT2D eigenvalue weighted by Crippen LogP contribution is 2.37. The van der Waals surface area contributed by atoms with Gasteiger partial charge in [0.2, 0.25) is 0 Å². The number of hydrogen-bond acceptors (Lipinski definition) is 6. The number of nitriles is 1. The molecule has 2 aliphatic carbocycles. The van der Waals surface area contributed by atoms with Crippen molar-refractivity contribution in [3.05, 3.63) is 70.8 Å². The fourth-order valence-electron chi connectivity index (χ4n) is 4.11. The molecule has 2 aromatic rings. The lowest BCUT2D eigenvalue weighted by molar-refractivity contribution is -0.200. The molecule has 3 N–H and O–H groups in total. The van der Waals surface area contributed by atoms with Crippen molar-refractivity contribution >= 4 is 5.91 Å². The van der Waals surface area contributed by atoms with E-state index < -0.39 is 41.5 Å². The van der Waals surface area contributed by atoms with E-state index in [0.717, 1.165) is 25.0 Å². The number of benzene rings is 2. The summed E-state index contributed by atoms with van der Waals surface area (Å²) < 4.78 is 39.0. The number of carbonyl (C=O) groups is 1. The van der Waals surface area contributed by atoms with E-state index in [1.165, 1.54) is 6.07 Å². The van der Waals surface area contributed by atoms with Gasteiger partial charge < -0.3 is 25.0 Å². The van der Waals surface area contributed by atoms with Crippen LogP contribution in [-0.4, -0.2) is 46.1 Å². The Balaban J connectivity index is 1.55. The minimum absolute atomic E-state index is 0.0241. The number of aliphatic hydroxyl groups excluding tert-OH is 2. The Hall–Kier alpha value is -2.90. The van der Waals surface area contributed by atoms with Crippen LogP contribution in [0.1, 0.15) is 42.4 Å². The van der Waals surface area contributed by atoms with Crippen LogP contribution in [0.25, 0.3) is 0 Å². The van der Waals surface area contributed by atoms with E-state index in [1.807, 2.05) is 0 Å². The van der Waals surface area contributed by atoms with Gasteiger partial charge in [-0.15, -0.1) is 0 Å². The molecule has 0 aliphatic heterocycles. The van der Waals surface area contributed by atoms with E-state index in [9.17, 15) is 29.1 Å². The van der Waals surface area contributed by atoms with E-state index in [2.05, 4.69) is 11.4 Å². The first-order valence-corrected chi connectivity index (χ1v) is 11.2. The molecular formula is C25H26F2N2O5. The van der Waals surface area contributed by atoms with E-state index in [4.69, 9.17) is 9.47 Å². The smallest absolute Gasteiger partial charge is 0.252 e. The lowest BCUT2D eigenvalue weighted by Crippen LogP contribution is -2.61. The highest BCUT2D eigenvalue weighted by Gasteiger charge is 2.52. The normalized spacial score (nSPS) is 26.6. The molecule has 0 aromatic heterocycles. The van der Waals surface area contributed by atoms with Crippen molar-refractivity contribution in [3.63, 3.8) is 0 Å². The number of hydrogen-bond donors (Lipinski definition) is 3. The summed E-state index contributed by atoms with van der Waals surface area (Å²) in [6, 6.07) is 12.0. The Kier molecular flexibility index (Phi) is 7.24. The number of aliphatic hydroxyl groups is 2. The first kappa shape index (κ1) is 24.2. The summed E-state index contributed by atoms with van der Waals surface area (Å²) in [6.07, 6.45) is -2.31. The average molecular weight is 472 g/mol. The Morgan fingerprint density at radius 2 is 1.88 bits per heavy atom. The molecule has 2 aromatic carbocycles. The summed E-state index contributed by atoms with van der Waals surface area (Å²) in [5, 5.41) is 33.4. The van der Waals surface area contributed by atoms with Crippen LogP contribution < -0.4 is 5.32 Å². The maximum Gasteiger partial charge on any atom is 0.252 e. The van der Waals surface area contributed by atoms with Crippen LogP contribution in [0.3, 0.4) is 0 Å². The second-order valence-corrected chi connectivity index (χ2v) is 8.85.